The zero-order valence-electron chi connectivity index (χ0n) is 19.2. The van der Waals surface area contributed by atoms with Gasteiger partial charge in [-0.1, -0.05) is 114 Å². The molecule has 0 aliphatic rings. The lowest BCUT2D eigenvalue weighted by molar-refractivity contribution is -0.135. The van der Waals surface area contributed by atoms with Crippen LogP contribution in [0.3, 0.4) is 0 Å². The Morgan fingerprint density at radius 3 is 2.00 bits per heavy atom. The standard InChI is InChI=1S/C30H20Cl2O4/c1-18-12-14-21(15-13-18)27-29(26(33)23-16-22(31)17-24(32)28(23)35-27)36-30(34)25(19-8-4-2-5-9-19)20-10-6-3-7-11-20/h2-17,25H,1H3. The maximum atomic E-state index is 13.7. The van der Waals surface area contributed by atoms with Crippen LogP contribution in [0.1, 0.15) is 22.6 Å². The van der Waals surface area contributed by atoms with E-state index in [4.69, 9.17) is 32.4 Å². The van der Waals surface area contributed by atoms with Crippen LogP contribution in [0.15, 0.2) is 106 Å². The number of carbonyl (C=O) groups is 1. The van der Waals surface area contributed by atoms with Gasteiger partial charge in [0.05, 0.1) is 10.4 Å². The number of esters is 1. The molecule has 178 valence electrons. The fraction of sp³-hybridized carbons (Fsp3) is 0.0667. The zero-order chi connectivity index (χ0) is 25.2. The van der Waals surface area contributed by atoms with Crippen molar-refractivity contribution in [2.45, 2.75) is 12.8 Å². The average molecular weight is 515 g/mol. The highest BCUT2D eigenvalue weighted by Crippen LogP contribution is 2.36. The molecule has 0 aliphatic carbocycles. The number of rotatable bonds is 5. The van der Waals surface area contributed by atoms with Gasteiger partial charge in [-0.3, -0.25) is 9.59 Å². The van der Waals surface area contributed by atoms with Gasteiger partial charge in [-0.25, -0.2) is 0 Å². The largest absolute Gasteiger partial charge is 0.450 e. The Morgan fingerprint density at radius 1 is 0.833 bits per heavy atom. The first-order chi connectivity index (χ1) is 17.4. The lowest BCUT2D eigenvalue weighted by Gasteiger charge is -2.18. The molecule has 0 saturated heterocycles. The normalized spacial score (nSPS) is 11.1. The van der Waals surface area contributed by atoms with E-state index in [9.17, 15) is 9.59 Å². The summed E-state index contributed by atoms with van der Waals surface area (Å²) in [4.78, 5) is 27.4. The first kappa shape index (κ1) is 23.9. The van der Waals surface area contributed by atoms with E-state index in [2.05, 4.69) is 0 Å². The molecule has 6 heteroatoms. The minimum absolute atomic E-state index is 0.116. The van der Waals surface area contributed by atoms with E-state index in [1.807, 2.05) is 79.7 Å². The number of hydrogen-bond donors (Lipinski definition) is 0. The highest BCUT2D eigenvalue weighted by molar-refractivity contribution is 6.38. The smallest absolute Gasteiger partial charge is 0.323 e. The number of aryl methyl sites for hydroxylation is 1. The second-order valence-corrected chi connectivity index (χ2v) is 9.24. The fourth-order valence-electron chi connectivity index (χ4n) is 4.11. The summed E-state index contributed by atoms with van der Waals surface area (Å²) in [5.41, 5.74) is 2.71. The number of ether oxygens (including phenoxy) is 1. The minimum atomic E-state index is -0.753. The van der Waals surface area contributed by atoms with Crippen molar-refractivity contribution in [3.63, 3.8) is 0 Å². The molecule has 0 atom stereocenters. The van der Waals surface area contributed by atoms with Crippen LogP contribution >= 0.6 is 23.2 Å². The van der Waals surface area contributed by atoms with E-state index in [0.717, 1.165) is 16.7 Å². The first-order valence-corrected chi connectivity index (χ1v) is 12.0. The molecule has 4 aromatic carbocycles. The maximum absolute atomic E-state index is 13.7. The van der Waals surface area contributed by atoms with Crippen LogP contribution in [0.5, 0.6) is 5.75 Å². The number of fused-ring (bicyclic) bond motifs is 1. The number of hydrogen-bond acceptors (Lipinski definition) is 4. The summed E-state index contributed by atoms with van der Waals surface area (Å²) in [6.45, 7) is 1.95. The van der Waals surface area contributed by atoms with Crippen molar-refractivity contribution in [1.29, 1.82) is 0 Å². The summed E-state index contributed by atoms with van der Waals surface area (Å²) in [7, 11) is 0. The molecule has 1 aromatic heterocycles. The molecule has 0 N–H and O–H groups in total. The van der Waals surface area contributed by atoms with Crippen molar-refractivity contribution in [2.75, 3.05) is 0 Å². The Morgan fingerprint density at radius 2 is 1.42 bits per heavy atom. The summed E-state index contributed by atoms with van der Waals surface area (Å²) in [5.74, 6) is -1.46. The van der Waals surface area contributed by atoms with Crippen molar-refractivity contribution < 1.29 is 13.9 Å². The van der Waals surface area contributed by atoms with Crippen molar-refractivity contribution in [3.8, 4) is 17.1 Å². The van der Waals surface area contributed by atoms with Crippen molar-refractivity contribution in [2.24, 2.45) is 0 Å². The van der Waals surface area contributed by atoms with Gasteiger partial charge in [0.15, 0.2) is 11.3 Å². The lowest BCUT2D eigenvalue weighted by Crippen LogP contribution is -2.23. The van der Waals surface area contributed by atoms with E-state index in [0.29, 0.717) is 5.56 Å². The van der Waals surface area contributed by atoms with Crippen molar-refractivity contribution in [3.05, 3.63) is 134 Å². The quantitative estimate of drug-likeness (QED) is 0.224. The Balaban J connectivity index is 1.69. The Labute approximate surface area is 217 Å². The van der Waals surface area contributed by atoms with Crippen LogP contribution in [-0.4, -0.2) is 5.97 Å². The van der Waals surface area contributed by atoms with Gasteiger partial charge in [0.25, 0.3) is 0 Å². The summed E-state index contributed by atoms with van der Waals surface area (Å²) in [5, 5.41) is 0.584. The third-order valence-corrected chi connectivity index (χ3v) is 6.39. The minimum Gasteiger partial charge on any atom is -0.450 e. The average Bonchev–Trinajstić information content (AvgIpc) is 2.88. The van der Waals surface area contributed by atoms with Crippen LogP contribution in [0.4, 0.5) is 0 Å². The van der Waals surface area contributed by atoms with Gasteiger partial charge in [-0.2, -0.15) is 0 Å². The van der Waals surface area contributed by atoms with Crippen LogP contribution in [0.2, 0.25) is 10.0 Å². The molecule has 0 saturated carbocycles. The van der Waals surface area contributed by atoms with Crippen LogP contribution in [0.25, 0.3) is 22.3 Å². The van der Waals surface area contributed by atoms with Crippen molar-refractivity contribution in [1.82, 2.24) is 0 Å². The molecule has 0 bridgehead atoms. The van der Waals surface area contributed by atoms with Gasteiger partial charge < -0.3 is 9.15 Å². The molecule has 5 rings (SSSR count). The van der Waals surface area contributed by atoms with Crippen molar-refractivity contribution >= 4 is 40.1 Å². The number of carbonyl (C=O) groups excluding carboxylic acids is 1. The molecule has 4 nitrogen and oxygen atoms in total. The van der Waals surface area contributed by atoms with Gasteiger partial charge in [0.1, 0.15) is 5.92 Å². The van der Waals surface area contributed by atoms with Crippen LogP contribution in [-0.2, 0) is 4.79 Å². The van der Waals surface area contributed by atoms with Gasteiger partial charge >= 0.3 is 5.97 Å². The predicted octanol–water partition coefficient (Wildman–Crippen LogP) is 7.81. The van der Waals surface area contributed by atoms with Crippen LogP contribution in [0, 0.1) is 6.92 Å². The molecule has 0 unspecified atom stereocenters. The molecular formula is C30H20Cl2O4. The summed E-state index contributed by atoms with van der Waals surface area (Å²) in [6.07, 6.45) is 0. The van der Waals surface area contributed by atoms with Gasteiger partial charge in [0.2, 0.25) is 11.2 Å². The fourth-order valence-corrected chi connectivity index (χ4v) is 4.64. The highest BCUT2D eigenvalue weighted by atomic mass is 35.5. The molecule has 0 spiro atoms. The number of halogens is 2. The van der Waals surface area contributed by atoms with E-state index in [-0.39, 0.29) is 32.5 Å². The second kappa shape index (κ2) is 10.0. The molecular weight excluding hydrogens is 495 g/mol. The SMILES string of the molecule is Cc1ccc(-c2oc3c(Cl)cc(Cl)cc3c(=O)c2OC(=O)C(c2ccccc2)c2ccccc2)cc1. The molecule has 0 amide bonds. The van der Waals surface area contributed by atoms with Gasteiger partial charge in [-0.05, 0) is 30.2 Å². The molecule has 0 fully saturated rings. The predicted molar refractivity (Wildman–Crippen MR) is 143 cm³/mol. The van der Waals surface area contributed by atoms with E-state index < -0.39 is 17.3 Å². The van der Waals surface area contributed by atoms with E-state index >= 15 is 0 Å². The van der Waals surface area contributed by atoms with Gasteiger partial charge in [-0.15, -0.1) is 0 Å². The maximum Gasteiger partial charge on any atom is 0.323 e. The molecule has 1 heterocycles. The summed E-state index contributed by atoms with van der Waals surface area (Å²) >= 11 is 12.5. The molecule has 5 aromatic rings. The first-order valence-electron chi connectivity index (χ1n) is 11.3. The third kappa shape index (κ3) is 4.66. The third-order valence-electron chi connectivity index (χ3n) is 5.89. The van der Waals surface area contributed by atoms with E-state index in [1.54, 1.807) is 12.1 Å². The summed E-state index contributed by atoms with van der Waals surface area (Å²) < 4.78 is 12.0. The van der Waals surface area contributed by atoms with E-state index in [1.165, 1.54) is 12.1 Å². The molecule has 36 heavy (non-hydrogen) atoms. The molecule has 0 aliphatic heterocycles. The van der Waals surface area contributed by atoms with Crippen LogP contribution < -0.4 is 10.2 Å². The monoisotopic (exact) mass is 514 g/mol. The lowest BCUT2D eigenvalue weighted by atomic mass is 9.91. The number of benzene rings is 4. The second-order valence-electron chi connectivity index (χ2n) is 8.40. The Kier molecular flexibility index (Phi) is 6.64. The molecule has 0 radical (unpaired) electrons. The van der Waals surface area contributed by atoms with Gasteiger partial charge in [0, 0.05) is 10.6 Å². The zero-order valence-corrected chi connectivity index (χ0v) is 20.7. The highest BCUT2D eigenvalue weighted by Gasteiger charge is 2.28. The topological polar surface area (TPSA) is 56.5 Å². The summed E-state index contributed by atoms with van der Waals surface area (Å²) in [6, 6.07) is 28.9. The Bertz CT molecular complexity index is 1570. The Hall–Kier alpha value is -3.86.